The molecule has 2 fully saturated rings. The maximum Gasteiger partial charge on any atom is 0.294 e. The van der Waals surface area contributed by atoms with Gasteiger partial charge in [0.2, 0.25) is 5.91 Å². The summed E-state index contributed by atoms with van der Waals surface area (Å²) >= 11 is 0.791. The standard InChI is InChI=1S/C22H21FN2O4S/c1-14-8-10-24(11-9-14)20(26)13-25-21(27)19(30-22(25)28)12-17-6-7-18(29-17)15-2-4-16(23)5-3-15/h2-7,12,14H,8-11,13H2,1H3/b19-12-. The third-order valence-electron chi connectivity index (χ3n) is 5.33. The second kappa shape index (κ2) is 8.47. The maximum atomic E-state index is 13.1. The summed E-state index contributed by atoms with van der Waals surface area (Å²) in [5, 5.41) is -0.463. The fourth-order valence-corrected chi connectivity index (χ4v) is 4.28. The van der Waals surface area contributed by atoms with Gasteiger partial charge in [-0.2, -0.15) is 0 Å². The third kappa shape index (κ3) is 4.33. The Morgan fingerprint density at radius 3 is 2.57 bits per heavy atom. The molecule has 0 atom stereocenters. The second-order valence-electron chi connectivity index (χ2n) is 7.54. The van der Waals surface area contributed by atoms with Crippen LogP contribution < -0.4 is 0 Å². The molecule has 30 heavy (non-hydrogen) atoms. The molecule has 0 unspecified atom stereocenters. The van der Waals surface area contributed by atoms with Crippen molar-refractivity contribution in [2.24, 2.45) is 5.92 Å². The first kappa shape index (κ1) is 20.4. The Balaban J connectivity index is 1.44. The van der Waals surface area contributed by atoms with E-state index in [0.717, 1.165) is 29.5 Å². The first-order chi connectivity index (χ1) is 14.4. The predicted octanol–water partition coefficient (Wildman–Crippen LogP) is 4.38. The summed E-state index contributed by atoms with van der Waals surface area (Å²) in [6.45, 7) is 3.23. The molecule has 3 amide bonds. The molecular formula is C22H21FN2O4S. The lowest BCUT2D eigenvalue weighted by Gasteiger charge is -2.31. The molecule has 1 aromatic heterocycles. The number of benzene rings is 1. The summed E-state index contributed by atoms with van der Waals surface area (Å²) in [6, 6.07) is 9.25. The number of amides is 3. The smallest absolute Gasteiger partial charge is 0.294 e. The summed E-state index contributed by atoms with van der Waals surface area (Å²) in [6.07, 6.45) is 3.36. The van der Waals surface area contributed by atoms with Crippen molar-refractivity contribution in [3.8, 4) is 11.3 Å². The number of rotatable bonds is 4. The van der Waals surface area contributed by atoms with Crippen LogP contribution in [-0.4, -0.2) is 46.5 Å². The van der Waals surface area contributed by atoms with E-state index in [4.69, 9.17) is 4.42 Å². The number of carbonyl (C=O) groups excluding carboxylic acids is 3. The van der Waals surface area contributed by atoms with Crippen LogP contribution in [0.1, 0.15) is 25.5 Å². The van der Waals surface area contributed by atoms with Gasteiger partial charge >= 0.3 is 0 Å². The van der Waals surface area contributed by atoms with Crippen molar-refractivity contribution in [1.29, 1.82) is 0 Å². The van der Waals surface area contributed by atoms with Gasteiger partial charge in [0.1, 0.15) is 23.9 Å². The van der Waals surface area contributed by atoms with Gasteiger partial charge in [-0.15, -0.1) is 0 Å². The third-order valence-corrected chi connectivity index (χ3v) is 6.24. The Labute approximate surface area is 177 Å². The summed E-state index contributed by atoms with van der Waals surface area (Å²) < 4.78 is 18.8. The van der Waals surface area contributed by atoms with E-state index < -0.39 is 11.1 Å². The van der Waals surface area contributed by atoms with Crippen molar-refractivity contribution in [2.75, 3.05) is 19.6 Å². The van der Waals surface area contributed by atoms with Gasteiger partial charge in [0.25, 0.3) is 11.1 Å². The molecule has 0 aliphatic carbocycles. The van der Waals surface area contributed by atoms with E-state index >= 15 is 0 Å². The molecule has 0 N–H and O–H groups in total. The molecule has 0 saturated carbocycles. The van der Waals surface area contributed by atoms with Gasteiger partial charge in [0.15, 0.2) is 0 Å². The molecule has 2 aliphatic rings. The predicted molar refractivity (Wildman–Crippen MR) is 112 cm³/mol. The Morgan fingerprint density at radius 1 is 1.17 bits per heavy atom. The minimum absolute atomic E-state index is 0.206. The van der Waals surface area contributed by atoms with E-state index in [1.54, 1.807) is 29.2 Å². The molecule has 3 heterocycles. The van der Waals surface area contributed by atoms with Crippen LogP contribution in [-0.2, 0) is 9.59 Å². The molecule has 2 aliphatic heterocycles. The van der Waals surface area contributed by atoms with Crippen LogP contribution in [0.15, 0.2) is 45.7 Å². The Morgan fingerprint density at radius 2 is 1.87 bits per heavy atom. The van der Waals surface area contributed by atoms with Crippen molar-refractivity contribution in [2.45, 2.75) is 19.8 Å². The Hall–Kier alpha value is -2.87. The largest absolute Gasteiger partial charge is 0.457 e. The monoisotopic (exact) mass is 428 g/mol. The molecule has 6 nitrogen and oxygen atoms in total. The van der Waals surface area contributed by atoms with Gasteiger partial charge in [-0.3, -0.25) is 19.3 Å². The number of hydrogen-bond donors (Lipinski definition) is 0. The van der Waals surface area contributed by atoms with E-state index in [9.17, 15) is 18.8 Å². The summed E-state index contributed by atoms with van der Waals surface area (Å²) in [7, 11) is 0. The van der Waals surface area contributed by atoms with Crippen LogP contribution in [0.5, 0.6) is 0 Å². The fraction of sp³-hybridized carbons (Fsp3) is 0.318. The number of halogens is 1. The van der Waals surface area contributed by atoms with Crippen LogP contribution in [0.2, 0.25) is 0 Å². The molecule has 8 heteroatoms. The van der Waals surface area contributed by atoms with Gasteiger partial charge in [0.05, 0.1) is 4.91 Å². The molecular weight excluding hydrogens is 407 g/mol. The highest BCUT2D eigenvalue weighted by Gasteiger charge is 2.37. The highest BCUT2D eigenvalue weighted by molar-refractivity contribution is 8.18. The summed E-state index contributed by atoms with van der Waals surface area (Å²) in [5.74, 6) is 0.465. The van der Waals surface area contributed by atoms with Crippen molar-refractivity contribution >= 4 is 34.9 Å². The maximum absolute atomic E-state index is 13.1. The molecule has 1 aromatic carbocycles. The average molecular weight is 428 g/mol. The van der Waals surface area contributed by atoms with Gasteiger partial charge in [0, 0.05) is 24.7 Å². The van der Waals surface area contributed by atoms with Crippen molar-refractivity contribution in [3.63, 3.8) is 0 Å². The van der Waals surface area contributed by atoms with Gasteiger partial charge in [-0.1, -0.05) is 6.92 Å². The van der Waals surface area contributed by atoms with Crippen LogP contribution in [0.3, 0.4) is 0 Å². The first-order valence-electron chi connectivity index (χ1n) is 9.79. The van der Waals surface area contributed by atoms with E-state index in [0.29, 0.717) is 36.1 Å². The van der Waals surface area contributed by atoms with Crippen molar-refractivity contribution in [3.05, 3.63) is 52.9 Å². The summed E-state index contributed by atoms with van der Waals surface area (Å²) in [5.41, 5.74) is 0.700. The van der Waals surface area contributed by atoms with E-state index in [1.165, 1.54) is 18.2 Å². The number of furan rings is 1. The summed E-state index contributed by atoms with van der Waals surface area (Å²) in [4.78, 5) is 40.4. The molecule has 2 saturated heterocycles. The highest BCUT2D eigenvalue weighted by Crippen LogP contribution is 2.33. The zero-order valence-corrected chi connectivity index (χ0v) is 17.3. The highest BCUT2D eigenvalue weighted by atomic mass is 32.2. The Kier molecular flexibility index (Phi) is 5.76. The number of imide groups is 1. The second-order valence-corrected chi connectivity index (χ2v) is 8.53. The van der Waals surface area contributed by atoms with E-state index in [-0.39, 0.29) is 23.2 Å². The Bertz CT molecular complexity index is 1010. The molecule has 2 aromatic rings. The zero-order valence-electron chi connectivity index (χ0n) is 16.5. The first-order valence-corrected chi connectivity index (χ1v) is 10.6. The minimum Gasteiger partial charge on any atom is -0.457 e. The SMILES string of the molecule is CC1CCN(C(=O)CN2C(=O)S/C(=C\c3ccc(-c4ccc(F)cc4)o3)C2=O)CC1. The van der Waals surface area contributed by atoms with Gasteiger partial charge in [-0.05, 0) is 66.9 Å². The van der Waals surface area contributed by atoms with Gasteiger partial charge < -0.3 is 9.32 Å². The quantitative estimate of drug-likeness (QED) is 0.676. The molecule has 4 rings (SSSR count). The minimum atomic E-state index is -0.497. The van der Waals surface area contributed by atoms with Crippen LogP contribution >= 0.6 is 11.8 Å². The number of piperidine rings is 1. The lowest BCUT2D eigenvalue weighted by Crippen LogP contribution is -2.45. The number of likely N-dealkylation sites (tertiary alicyclic amines) is 1. The number of carbonyl (C=O) groups is 3. The number of hydrogen-bond acceptors (Lipinski definition) is 5. The molecule has 156 valence electrons. The normalized spacial score (nSPS) is 19.2. The van der Waals surface area contributed by atoms with E-state index in [1.807, 2.05) is 0 Å². The number of nitrogens with zero attached hydrogens (tertiary/aromatic N) is 2. The lowest BCUT2D eigenvalue weighted by atomic mass is 9.99. The average Bonchev–Trinajstić information content (AvgIpc) is 3.29. The molecule has 0 bridgehead atoms. The zero-order chi connectivity index (χ0) is 21.3. The van der Waals surface area contributed by atoms with Crippen LogP contribution in [0.4, 0.5) is 9.18 Å². The van der Waals surface area contributed by atoms with Crippen molar-refractivity contribution in [1.82, 2.24) is 9.80 Å². The van der Waals surface area contributed by atoms with Crippen LogP contribution in [0, 0.1) is 11.7 Å². The van der Waals surface area contributed by atoms with E-state index in [2.05, 4.69) is 6.92 Å². The molecule has 0 spiro atoms. The molecule has 0 radical (unpaired) electrons. The lowest BCUT2D eigenvalue weighted by molar-refractivity contribution is -0.136. The van der Waals surface area contributed by atoms with Gasteiger partial charge in [-0.25, -0.2) is 4.39 Å². The topological polar surface area (TPSA) is 70.8 Å². The fourth-order valence-electron chi connectivity index (χ4n) is 3.46. The number of thioether (sulfide) groups is 1. The van der Waals surface area contributed by atoms with Crippen molar-refractivity contribution < 1.29 is 23.2 Å². The van der Waals surface area contributed by atoms with Crippen LogP contribution in [0.25, 0.3) is 17.4 Å².